The smallest absolute Gasteiger partial charge is 0.223 e. The molecule has 0 saturated carbocycles. The molecule has 3 heterocycles. The minimum Gasteiger partial charge on any atom is -0.356 e. The van der Waals surface area contributed by atoms with E-state index in [-0.39, 0.29) is 11.8 Å². The van der Waals surface area contributed by atoms with Gasteiger partial charge in [0, 0.05) is 44.1 Å². The zero-order valence-corrected chi connectivity index (χ0v) is 15.2. The largest absolute Gasteiger partial charge is 0.356 e. The Bertz CT molecular complexity index is 673. The van der Waals surface area contributed by atoms with Gasteiger partial charge in [-0.3, -0.25) is 4.79 Å². The van der Waals surface area contributed by atoms with Gasteiger partial charge in [0.05, 0.1) is 5.69 Å². The first-order valence-corrected chi connectivity index (χ1v) is 9.26. The Balaban J connectivity index is 1.59. The number of hydrogen-bond acceptors (Lipinski definition) is 3. The summed E-state index contributed by atoms with van der Waals surface area (Å²) >= 11 is 0. The highest BCUT2D eigenvalue weighted by Gasteiger charge is 2.26. The number of carbonyl (C=O) groups excluding carboxylic acids is 1. The van der Waals surface area contributed by atoms with Crippen molar-refractivity contribution in [2.45, 2.75) is 33.1 Å². The predicted molar refractivity (Wildman–Crippen MR) is 101 cm³/mol. The number of piperidine rings is 1. The monoisotopic (exact) mass is 340 g/mol. The number of rotatable bonds is 6. The van der Waals surface area contributed by atoms with E-state index in [1.54, 1.807) is 0 Å². The molecule has 1 amide bonds. The normalized spacial score (nSPS) is 15.6. The number of hydrogen-bond donors (Lipinski definition) is 1. The van der Waals surface area contributed by atoms with E-state index >= 15 is 0 Å². The van der Waals surface area contributed by atoms with E-state index in [1.807, 2.05) is 36.8 Å². The molecule has 2 aromatic rings. The number of anilines is 1. The molecule has 1 N–H and O–H groups in total. The van der Waals surface area contributed by atoms with Crippen molar-refractivity contribution >= 4 is 11.7 Å². The second kappa shape index (κ2) is 8.19. The van der Waals surface area contributed by atoms with Crippen LogP contribution in [0.25, 0.3) is 5.69 Å². The van der Waals surface area contributed by atoms with Gasteiger partial charge in [-0.05, 0) is 49.4 Å². The van der Waals surface area contributed by atoms with Crippen molar-refractivity contribution in [1.82, 2.24) is 14.9 Å². The molecule has 0 radical (unpaired) electrons. The van der Waals surface area contributed by atoms with Crippen molar-refractivity contribution in [3.05, 3.63) is 42.9 Å². The second-order valence-electron chi connectivity index (χ2n) is 7.17. The molecule has 25 heavy (non-hydrogen) atoms. The van der Waals surface area contributed by atoms with Crippen LogP contribution in [0.15, 0.2) is 42.9 Å². The Morgan fingerprint density at radius 1 is 1.24 bits per heavy atom. The highest BCUT2D eigenvalue weighted by Crippen LogP contribution is 2.27. The van der Waals surface area contributed by atoms with E-state index in [9.17, 15) is 4.79 Å². The number of pyridine rings is 1. The lowest BCUT2D eigenvalue weighted by Crippen LogP contribution is -2.41. The van der Waals surface area contributed by atoms with E-state index in [0.717, 1.165) is 50.4 Å². The number of nitrogens with one attached hydrogen (secondary N) is 1. The maximum Gasteiger partial charge on any atom is 0.223 e. The molecular formula is C20H28N4O. The van der Waals surface area contributed by atoms with Gasteiger partial charge in [-0.15, -0.1) is 0 Å². The van der Waals surface area contributed by atoms with Crippen molar-refractivity contribution in [2.75, 3.05) is 24.5 Å². The molecule has 0 bridgehead atoms. The minimum absolute atomic E-state index is 0.127. The molecule has 2 aromatic heterocycles. The van der Waals surface area contributed by atoms with Crippen LogP contribution in [0, 0.1) is 11.8 Å². The van der Waals surface area contributed by atoms with Crippen molar-refractivity contribution in [1.29, 1.82) is 0 Å². The van der Waals surface area contributed by atoms with Gasteiger partial charge < -0.3 is 14.8 Å². The first-order chi connectivity index (χ1) is 12.1. The number of aromatic nitrogens is 2. The van der Waals surface area contributed by atoms with E-state index in [1.165, 1.54) is 0 Å². The molecule has 0 atom stereocenters. The Labute approximate surface area is 150 Å². The van der Waals surface area contributed by atoms with Gasteiger partial charge in [-0.2, -0.15) is 0 Å². The maximum absolute atomic E-state index is 12.3. The molecule has 1 aliphatic rings. The maximum atomic E-state index is 12.3. The van der Waals surface area contributed by atoms with Crippen molar-refractivity contribution in [2.24, 2.45) is 11.8 Å². The van der Waals surface area contributed by atoms with Gasteiger partial charge in [0.1, 0.15) is 0 Å². The molecule has 3 rings (SSSR count). The van der Waals surface area contributed by atoms with Crippen LogP contribution in [0.1, 0.15) is 33.1 Å². The summed E-state index contributed by atoms with van der Waals surface area (Å²) in [6, 6.07) is 8.09. The number of amides is 1. The SMILES string of the molecule is CC(C)CCNC(=O)C1CCN(c2ncccc2-n2cccc2)CC1. The van der Waals surface area contributed by atoms with Gasteiger partial charge in [0.15, 0.2) is 5.82 Å². The molecule has 134 valence electrons. The summed E-state index contributed by atoms with van der Waals surface area (Å²) in [5, 5.41) is 3.09. The third kappa shape index (κ3) is 4.41. The molecule has 5 nitrogen and oxygen atoms in total. The van der Waals surface area contributed by atoms with Crippen LogP contribution in [0.5, 0.6) is 0 Å². The van der Waals surface area contributed by atoms with E-state index in [4.69, 9.17) is 0 Å². The topological polar surface area (TPSA) is 50.2 Å². The third-order valence-electron chi connectivity index (χ3n) is 4.83. The lowest BCUT2D eigenvalue weighted by Gasteiger charge is -2.33. The van der Waals surface area contributed by atoms with Gasteiger partial charge in [-0.25, -0.2) is 4.98 Å². The van der Waals surface area contributed by atoms with E-state index in [2.05, 4.69) is 39.7 Å². The van der Waals surface area contributed by atoms with Crippen LogP contribution < -0.4 is 10.2 Å². The van der Waals surface area contributed by atoms with Crippen LogP contribution >= 0.6 is 0 Å². The Kier molecular flexibility index (Phi) is 5.74. The highest BCUT2D eigenvalue weighted by atomic mass is 16.1. The zero-order valence-electron chi connectivity index (χ0n) is 15.2. The average Bonchev–Trinajstić information content (AvgIpc) is 3.16. The fourth-order valence-corrected chi connectivity index (χ4v) is 3.31. The third-order valence-corrected chi connectivity index (χ3v) is 4.83. The minimum atomic E-state index is 0.127. The summed E-state index contributed by atoms with van der Waals surface area (Å²) < 4.78 is 2.09. The Morgan fingerprint density at radius 2 is 1.96 bits per heavy atom. The van der Waals surface area contributed by atoms with Crippen LogP contribution in [0.4, 0.5) is 5.82 Å². The predicted octanol–water partition coefficient (Wildman–Crippen LogP) is 3.25. The molecule has 0 unspecified atom stereocenters. The molecule has 1 fully saturated rings. The van der Waals surface area contributed by atoms with Gasteiger partial charge >= 0.3 is 0 Å². The van der Waals surface area contributed by atoms with Crippen LogP contribution in [-0.4, -0.2) is 35.1 Å². The highest BCUT2D eigenvalue weighted by molar-refractivity contribution is 5.79. The summed E-state index contributed by atoms with van der Waals surface area (Å²) in [5.74, 6) is 1.96. The lowest BCUT2D eigenvalue weighted by molar-refractivity contribution is -0.125. The molecule has 5 heteroatoms. The van der Waals surface area contributed by atoms with Crippen LogP contribution in [0.2, 0.25) is 0 Å². The Morgan fingerprint density at radius 3 is 2.64 bits per heavy atom. The first kappa shape index (κ1) is 17.5. The fraction of sp³-hybridized carbons (Fsp3) is 0.500. The van der Waals surface area contributed by atoms with E-state index < -0.39 is 0 Å². The van der Waals surface area contributed by atoms with E-state index in [0.29, 0.717) is 5.92 Å². The fourth-order valence-electron chi connectivity index (χ4n) is 3.31. The molecule has 0 spiro atoms. The summed E-state index contributed by atoms with van der Waals surface area (Å²) in [7, 11) is 0. The zero-order chi connectivity index (χ0) is 17.6. The van der Waals surface area contributed by atoms with Crippen molar-refractivity contribution in [3.63, 3.8) is 0 Å². The van der Waals surface area contributed by atoms with Gasteiger partial charge in [0.25, 0.3) is 0 Å². The van der Waals surface area contributed by atoms with Gasteiger partial charge in [-0.1, -0.05) is 13.8 Å². The second-order valence-corrected chi connectivity index (χ2v) is 7.17. The quantitative estimate of drug-likeness (QED) is 0.878. The molecular weight excluding hydrogens is 312 g/mol. The summed E-state index contributed by atoms with van der Waals surface area (Å²) in [4.78, 5) is 19.2. The Hall–Kier alpha value is -2.30. The summed E-state index contributed by atoms with van der Waals surface area (Å²) in [6.07, 6.45) is 8.72. The summed E-state index contributed by atoms with van der Waals surface area (Å²) in [5.41, 5.74) is 1.09. The van der Waals surface area contributed by atoms with Crippen LogP contribution in [0.3, 0.4) is 0 Å². The van der Waals surface area contributed by atoms with Crippen LogP contribution in [-0.2, 0) is 4.79 Å². The number of nitrogens with zero attached hydrogens (tertiary/aromatic N) is 3. The standard InChI is InChI=1S/C20H28N4O/c1-16(2)7-11-22-20(25)17-8-14-24(15-9-17)19-18(6-5-10-21-19)23-12-3-4-13-23/h3-6,10,12-13,16-17H,7-9,11,14-15H2,1-2H3,(H,22,25). The first-order valence-electron chi connectivity index (χ1n) is 9.26. The molecule has 0 aromatic carbocycles. The molecule has 0 aliphatic carbocycles. The molecule has 1 aliphatic heterocycles. The van der Waals surface area contributed by atoms with Gasteiger partial charge in [0.2, 0.25) is 5.91 Å². The molecule has 1 saturated heterocycles. The summed E-state index contributed by atoms with van der Waals surface area (Å²) in [6.45, 7) is 6.88. The van der Waals surface area contributed by atoms with Crippen molar-refractivity contribution < 1.29 is 4.79 Å². The van der Waals surface area contributed by atoms with Crippen molar-refractivity contribution in [3.8, 4) is 5.69 Å². The lowest BCUT2D eigenvalue weighted by atomic mass is 9.95. The average molecular weight is 340 g/mol. The number of carbonyl (C=O) groups is 1.